The van der Waals surface area contributed by atoms with Gasteiger partial charge in [-0.05, 0) is 43.2 Å². The van der Waals surface area contributed by atoms with Crippen molar-refractivity contribution in [1.29, 1.82) is 0 Å². The number of fused-ring (bicyclic) bond motifs is 1. The average molecular weight is 483 g/mol. The number of benzene rings is 1. The van der Waals surface area contributed by atoms with Crippen LogP contribution >= 0.6 is 11.6 Å². The van der Waals surface area contributed by atoms with Gasteiger partial charge in [0.25, 0.3) is 11.5 Å². The van der Waals surface area contributed by atoms with Crippen LogP contribution in [-0.2, 0) is 4.79 Å². The number of piperazine rings is 1. The first kappa shape index (κ1) is 22.1. The van der Waals surface area contributed by atoms with Gasteiger partial charge in [0, 0.05) is 49.1 Å². The van der Waals surface area contributed by atoms with Crippen LogP contribution in [0.3, 0.4) is 0 Å². The van der Waals surface area contributed by atoms with Crippen molar-refractivity contribution in [3.8, 4) is 0 Å². The Balaban J connectivity index is 1.20. The van der Waals surface area contributed by atoms with E-state index in [9.17, 15) is 19.2 Å². The Labute approximate surface area is 199 Å². The molecule has 3 aromatic rings. The third-order valence-corrected chi connectivity index (χ3v) is 6.43. The molecule has 2 fully saturated rings. The molecule has 10 nitrogen and oxygen atoms in total. The number of carbonyl (C=O) groups excluding carboxylic acids is 2. The molecule has 1 aliphatic heterocycles. The molecule has 2 N–H and O–H groups in total. The number of nitrogens with one attached hydrogen (secondary N) is 2. The van der Waals surface area contributed by atoms with Crippen LogP contribution in [0.1, 0.15) is 29.2 Å². The number of anilines is 1. The van der Waals surface area contributed by atoms with E-state index in [0.717, 1.165) is 18.5 Å². The van der Waals surface area contributed by atoms with Gasteiger partial charge in [0.15, 0.2) is 0 Å². The number of hydrogen-bond donors (Lipinski definition) is 2. The van der Waals surface area contributed by atoms with Crippen LogP contribution in [0.25, 0.3) is 11.0 Å². The van der Waals surface area contributed by atoms with E-state index in [4.69, 9.17) is 11.6 Å². The largest absolute Gasteiger partial charge is 0.368 e. The Morgan fingerprint density at radius 3 is 2.47 bits per heavy atom. The topological polar surface area (TPSA) is 120 Å². The summed E-state index contributed by atoms with van der Waals surface area (Å²) in [6, 6.07) is 9.01. The van der Waals surface area contributed by atoms with Crippen LogP contribution < -0.4 is 21.5 Å². The lowest BCUT2D eigenvalue weighted by molar-refractivity contribution is -0.130. The summed E-state index contributed by atoms with van der Waals surface area (Å²) < 4.78 is 1.46. The van der Waals surface area contributed by atoms with E-state index in [-0.39, 0.29) is 35.1 Å². The first-order chi connectivity index (χ1) is 16.4. The fourth-order valence-electron chi connectivity index (χ4n) is 4.17. The molecule has 1 aromatic carbocycles. The smallest absolute Gasteiger partial charge is 0.330 e. The van der Waals surface area contributed by atoms with Gasteiger partial charge in [-0.3, -0.25) is 23.9 Å². The van der Waals surface area contributed by atoms with Crippen LogP contribution in [0.2, 0.25) is 5.02 Å². The van der Waals surface area contributed by atoms with Crippen molar-refractivity contribution in [3.63, 3.8) is 0 Å². The SMILES string of the molecule is O=C(NCC(=O)N1CCN(c2ccc(Cl)cc2)CC1)c1cnc2c(c1)c(=O)[nH]c(=O)n2C1CC1. The number of carbonyl (C=O) groups is 2. The number of nitrogens with zero attached hydrogens (tertiary/aromatic N) is 4. The maximum absolute atomic E-state index is 12.6. The van der Waals surface area contributed by atoms with Crippen LogP contribution in [0.5, 0.6) is 0 Å². The second-order valence-electron chi connectivity index (χ2n) is 8.48. The lowest BCUT2D eigenvalue weighted by atomic mass is 10.2. The summed E-state index contributed by atoms with van der Waals surface area (Å²) in [5, 5.41) is 3.46. The Morgan fingerprint density at radius 2 is 1.79 bits per heavy atom. The van der Waals surface area contributed by atoms with Crippen molar-refractivity contribution >= 4 is 40.1 Å². The van der Waals surface area contributed by atoms with Crippen LogP contribution in [0, 0.1) is 0 Å². The Bertz CT molecular complexity index is 1370. The second kappa shape index (κ2) is 8.94. The molecule has 0 bridgehead atoms. The van der Waals surface area contributed by atoms with Gasteiger partial charge in [-0.15, -0.1) is 0 Å². The van der Waals surface area contributed by atoms with Crippen LogP contribution in [0.15, 0.2) is 46.1 Å². The van der Waals surface area contributed by atoms with Crippen molar-refractivity contribution in [1.82, 2.24) is 24.8 Å². The van der Waals surface area contributed by atoms with E-state index in [1.807, 2.05) is 24.3 Å². The normalized spacial score (nSPS) is 16.0. The standard InChI is InChI=1S/C23H23ClN6O4/c24-15-1-3-16(4-2-15)28-7-9-29(10-8-28)19(31)13-26-21(32)14-11-18-20(25-12-14)30(17-5-6-17)23(34)27-22(18)33/h1-4,11-12,17H,5-10,13H2,(H,26,32)(H,27,33,34). The number of hydrogen-bond acceptors (Lipinski definition) is 6. The minimum absolute atomic E-state index is 0.0248. The number of amides is 2. The zero-order chi connectivity index (χ0) is 23.8. The number of aromatic nitrogens is 3. The molecule has 176 valence electrons. The lowest BCUT2D eigenvalue weighted by Gasteiger charge is -2.36. The summed E-state index contributed by atoms with van der Waals surface area (Å²) in [5.74, 6) is -0.690. The highest BCUT2D eigenvalue weighted by Gasteiger charge is 2.28. The summed E-state index contributed by atoms with van der Waals surface area (Å²) in [5.41, 5.74) is 0.387. The molecule has 2 aliphatic rings. The minimum Gasteiger partial charge on any atom is -0.368 e. The maximum Gasteiger partial charge on any atom is 0.330 e. The Morgan fingerprint density at radius 1 is 1.09 bits per heavy atom. The molecule has 11 heteroatoms. The highest BCUT2D eigenvalue weighted by Crippen LogP contribution is 2.34. The molecule has 0 radical (unpaired) electrons. The average Bonchev–Trinajstić information content (AvgIpc) is 3.68. The zero-order valence-corrected chi connectivity index (χ0v) is 19.0. The maximum atomic E-state index is 12.6. The Kier molecular flexibility index (Phi) is 5.82. The third-order valence-electron chi connectivity index (χ3n) is 6.18. The van der Waals surface area contributed by atoms with Crippen molar-refractivity contribution in [3.05, 3.63) is 68.0 Å². The number of halogens is 1. The Hall–Kier alpha value is -3.66. The first-order valence-corrected chi connectivity index (χ1v) is 11.5. The minimum atomic E-state index is -0.589. The second-order valence-corrected chi connectivity index (χ2v) is 8.92. The molecule has 1 saturated carbocycles. The van der Waals surface area contributed by atoms with Gasteiger partial charge < -0.3 is 15.1 Å². The van der Waals surface area contributed by atoms with E-state index in [1.165, 1.54) is 16.8 Å². The lowest BCUT2D eigenvalue weighted by Crippen LogP contribution is -2.51. The van der Waals surface area contributed by atoms with Crippen LogP contribution in [-0.4, -0.2) is 64.0 Å². The molecule has 34 heavy (non-hydrogen) atoms. The number of pyridine rings is 1. The summed E-state index contributed by atoms with van der Waals surface area (Å²) in [6.45, 7) is 2.30. The van der Waals surface area contributed by atoms with Gasteiger partial charge in [-0.2, -0.15) is 0 Å². The van der Waals surface area contributed by atoms with Crippen molar-refractivity contribution in [2.24, 2.45) is 0 Å². The molecule has 0 unspecified atom stereocenters. The molecular weight excluding hydrogens is 460 g/mol. The molecule has 2 aromatic heterocycles. The molecule has 0 spiro atoms. The summed E-state index contributed by atoms with van der Waals surface area (Å²) >= 11 is 5.94. The van der Waals surface area contributed by atoms with E-state index in [2.05, 4.69) is 20.2 Å². The van der Waals surface area contributed by atoms with E-state index >= 15 is 0 Å². The summed E-state index contributed by atoms with van der Waals surface area (Å²) in [7, 11) is 0. The number of aromatic amines is 1. The van der Waals surface area contributed by atoms with Gasteiger partial charge in [-0.25, -0.2) is 9.78 Å². The molecule has 0 atom stereocenters. The third kappa shape index (κ3) is 4.41. The van der Waals surface area contributed by atoms with Crippen molar-refractivity contribution < 1.29 is 9.59 Å². The first-order valence-electron chi connectivity index (χ1n) is 11.1. The summed E-state index contributed by atoms with van der Waals surface area (Å²) in [4.78, 5) is 60.1. The zero-order valence-electron chi connectivity index (χ0n) is 18.3. The molecule has 2 amide bonds. The molecule has 1 saturated heterocycles. The quantitative estimate of drug-likeness (QED) is 0.563. The monoisotopic (exact) mass is 482 g/mol. The fraction of sp³-hybridized carbons (Fsp3) is 0.348. The van der Waals surface area contributed by atoms with E-state index in [1.54, 1.807) is 4.90 Å². The molecular formula is C23H23ClN6O4. The molecule has 3 heterocycles. The van der Waals surface area contributed by atoms with Gasteiger partial charge in [-0.1, -0.05) is 11.6 Å². The number of H-pyrrole nitrogens is 1. The molecule has 5 rings (SSSR count). The highest BCUT2D eigenvalue weighted by atomic mass is 35.5. The van der Waals surface area contributed by atoms with Gasteiger partial charge in [0.1, 0.15) is 5.65 Å². The van der Waals surface area contributed by atoms with Crippen LogP contribution in [0.4, 0.5) is 5.69 Å². The van der Waals surface area contributed by atoms with Crippen molar-refractivity contribution in [2.45, 2.75) is 18.9 Å². The van der Waals surface area contributed by atoms with Gasteiger partial charge in [0.05, 0.1) is 17.5 Å². The van der Waals surface area contributed by atoms with Gasteiger partial charge in [0.2, 0.25) is 5.91 Å². The van der Waals surface area contributed by atoms with Crippen molar-refractivity contribution in [2.75, 3.05) is 37.6 Å². The fourth-order valence-corrected chi connectivity index (χ4v) is 4.29. The predicted octanol–water partition coefficient (Wildman–Crippen LogP) is 1.15. The van der Waals surface area contributed by atoms with E-state index in [0.29, 0.717) is 31.2 Å². The van der Waals surface area contributed by atoms with Gasteiger partial charge >= 0.3 is 5.69 Å². The summed E-state index contributed by atoms with van der Waals surface area (Å²) in [6.07, 6.45) is 3.02. The van der Waals surface area contributed by atoms with E-state index < -0.39 is 17.2 Å². The highest BCUT2D eigenvalue weighted by molar-refractivity contribution is 6.30. The predicted molar refractivity (Wildman–Crippen MR) is 127 cm³/mol. The number of rotatable bonds is 5. The molecule has 1 aliphatic carbocycles.